The quantitative estimate of drug-likeness (QED) is 0.242. The van der Waals surface area contributed by atoms with Crippen molar-refractivity contribution in [2.45, 2.75) is 52.2 Å². The van der Waals surface area contributed by atoms with E-state index in [-0.39, 0.29) is 36.5 Å². The van der Waals surface area contributed by atoms with Gasteiger partial charge in [0, 0.05) is 22.3 Å². The third-order valence-electron chi connectivity index (χ3n) is 4.47. The van der Waals surface area contributed by atoms with Gasteiger partial charge in [-0.05, 0) is 56.0 Å². The fraction of sp³-hybridized carbons (Fsp3) is 0.455. The fourth-order valence-corrected chi connectivity index (χ4v) is 3.67. The van der Waals surface area contributed by atoms with Crippen molar-refractivity contribution in [2.24, 2.45) is 4.99 Å². The monoisotopic (exact) mass is 542 g/mol. The lowest BCUT2D eigenvalue weighted by Gasteiger charge is -2.11. The van der Waals surface area contributed by atoms with Gasteiger partial charge < -0.3 is 20.7 Å². The highest BCUT2D eigenvalue weighted by Gasteiger charge is 2.23. The molecule has 0 unspecified atom stereocenters. The van der Waals surface area contributed by atoms with Crippen LogP contribution in [0, 0.1) is 0 Å². The summed E-state index contributed by atoms with van der Waals surface area (Å²) in [4.78, 5) is 19.1. The van der Waals surface area contributed by atoms with Crippen molar-refractivity contribution in [2.75, 3.05) is 13.2 Å². The molecule has 6 nitrogen and oxygen atoms in total. The van der Waals surface area contributed by atoms with Gasteiger partial charge in [-0.15, -0.1) is 35.3 Å². The minimum absolute atomic E-state index is 0. The van der Waals surface area contributed by atoms with E-state index in [9.17, 15) is 4.79 Å². The van der Waals surface area contributed by atoms with Gasteiger partial charge in [-0.3, -0.25) is 4.79 Å². The number of halogens is 1. The zero-order chi connectivity index (χ0) is 20.5. The first-order valence-corrected chi connectivity index (χ1v) is 11.1. The van der Waals surface area contributed by atoms with E-state index >= 15 is 0 Å². The Balaban J connectivity index is 0.00000320. The van der Waals surface area contributed by atoms with Gasteiger partial charge >= 0.3 is 0 Å². The van der Waals surface area contributed by atoms with Gasteiger partial charge in [0.15, 0.2) is 12.6 Å². The van der Waals surface area contributed by atoms with Gasteiger partial charge in [-0.2, -0.15) is 0 Å². The summed E-state index contributed by atoms with van der Waals surface area (Å²) in [6.45, 7) is 6.37. The summed E-state index contributed by atoms with van der Waals surface area (Å²) in [7, 11) is 0. The topological polar surface area (TPSA) is 74.8 Å². The number of carbonyl (C=O) groups excluding carboxylic acids is 1. The van der Waals surface area contributed by atoms with Gasteiger partial charge in [-0.1, -0.05) is 19.1 Å². The van der Waals surface area contributed by atoms with Crippen LogP contribution < -0.4 is 20.7 Å². The second-order valence-corrected chi connectivity index (χ2v) is 8.30. The van der Waals surface area contributed by atoms with Crippen LogP contribution in [0.3, 0.4) is 0 Å². The predicted molar refractivity (Wildman–Crippen MR) is 134 cm³/mol. The highest BCUT2D eigenvalue weighted by atomic mass is 127. The lowest BCUT2D eigenvalue weighted by atomic mass is 10.2. The molecule has 0 saturated heterocycles. The van der Waals surface area contributed by atoms with Crippen LogP contribution >= 0.6 is 35.3 Å². The van der Waals surface area contributed by atoms with E-state index in [4.69, 9.17) is 4.74 Å². The van der Waals surface area contributed by atoms with Crippen molar-refractivity contribution in [3.8, 4) is 5.75 Å². The van der Waals surface area contributed by atoms with Crippen LogP contribution in [0.2, 0.25) is 0 Å². The number of ether oxygens (including phenoxy) is 1. The second kappa shape index (κ2) is 12.8. The number of thiophene rings is 1. The summed E-state index contributed by atoms with van der Waals surface area (Å²) < 4.78 is 5.62. The van der Waals surface area contributed by atoms with Crippen LogP contribution in [-0.4, -0.2) is 31.1 Å². The molecule has 2 aromatic rings. The van der Waals surface area contributed by atoms with Crippen molar-refractivity contribution in [3.63, 3.8) is 0 Å². The zero-order valence-corrected chi connectivity index (χ0v) is 20.7. The van der Waals surface area contributed by atoms with Crippen molar-refractivity contribution in [1.82, 2.24) is 16.0 Å². The number of amides is 1. The number of guanidine groups is 1. The van der Waals surface area contributed by atoms with Crippen LogP contribution in [-0.2, 0) is 24.3 Å². The van der Waals surface area contributed by atoms with Crippen LogP contribution in [0.5, 0.6) is 5.75 Å². The number of aliphatic imine (C=N–C) groups is 1. The molecule has 1 aliphatic rings. The van der Waals surface area contributed by atoms with Gasteiger partial charge in [0.05, 0.1) is 13.1 Å². The van der Waals surface area contributed by atoms with E-state index in [0.717, 1.165) is 43.9 Å². The fourth-order valence-electron chi connectivity index (χ4n) is 2.77. The van der Waals surface area contributed by atoms with Crippen LogP contribution in [0.25, 0.3) is 0 Å². The van der Waals surface area contributed by atoms with Crippen molar-refractivity contribution < 1.29 is 9.53 Å². The largest absolute Gasteiger partial charge is 0.484 e. The molecule has 1 aromatic carbocycles. The molecule has 8 heteroatoms. The number of carbonyl (C=O) groups is 1. The standard InChI is InChI=1S/C22H30N4O2S.HI/c1-3-19-10-11-20(29-19)14-25-22(23-4-2)24-13-16-6-5-7-18(12-16)28-15-21(27)26-17-8-9-17;/h5-7,10-12,17H,3-4,8-9,13-15H2,1-2H3,(H,26,27)(H2,23,24,25);1H. The number of hydrogen-bond acceptors (Lipinski definition) is 4. The molecule has 30 heavy (non-hydrogen) atoms. The molecule has 1 fully saturated rings. The maximum Gasteiger partial charge on any atom is 0.258 e. The number of nitrogens with zero attached hydrogens (tertiary/aromatic N) is 1. The highest BCUT2D eigenvalue weighted by molar-refractivity contribution is 14.0. The molecule has 1 heterocycles. The molecule has 1 amide bonds. The van der Waals surface area contributed by atoms with Gasteiger partial charge in [-0.25, -0.2) is 4.99 Å². The van der Waals surface area contributed by atoms with Crippen LogP contribution in [0.15, 0.2) is 41.4 Å². The number of nitrogens with one attached hydrogen (secondary N) is 3. The Morgan fingerprint density at radius 1 is 1.17 bits per heavy atom. The minimum atomic E-state index is -0.0608. The minimum Gasteiger partial charge on any atom is -0.484 e. The summed E-state index contributed by atoms with van der Waals surface area (Å²) in [5.41, 5.74) is 1.03. The van der Waals surface area contributed by atoms with E-state index in [1.165, 1.54) is 9.75 Å². The lowest BCUT2D eigenvalue weighted by molar-refractivity contribution is -0.123. The summed E-state index contributed by atoms with van der Waals surface area (Å²) in [5, 5.41) is 9.59. The maximum atomic E-state index is 11.8. The predicted octanol–water partition coefficient (Wildman–Crippen LogP) is 3.84. The van der Waals surface area contributed by atoms with Crippen molar-refractivity contribution >= 4 is 47.2 Å². The van der Waals surface area contributed by atoms with Crippen molar-refractivity contribution in [1.29, 1.82) is 0 Å². The molecular formula is C22H31IN4O2S. The number of hydrogen-bond donors (Lipinski definition) is 3. The van der Waals surface area contributed by atoms with E-state index in [1.54, 1.807) is 0 Å². The van der Waals surface area contributed by atoms with Gasteiger partial charge in [0.2, 0.25) is 0 Å². The third kappa shape index (κ3) is 8.51. The molecule has 3 rings (SSSR count). The molecule has 1 saturated carbocycles. The zero-order valence-electron chi connectivity index (χ0n) is 17.6. The number of aryl methyl sites for hydroxylation is 1. The summed E-state index contributed by atoms with van der Waals surface area (Å²) in [6, 6.07) is 12.4. The van der Waals surface area contributed by atoms with E-state index < -0.39 is 0 Å². The molecule has 1 aromatic heterocycles. The molecule has 0 spiro atoms. The Morgan fingerprint density at radius 3 is 2.67 bits per heavy atom. The Morgan fingerprint density at radius 2 is 1.97 bits per heavy atom. The first-order chi connectivity index (χ1) is 14.2. The second-order valence-electron chi connectivity index (χ2n) is 7.05. The number of benzene rings is 1. The average molecular weight is 542 g/mol. The Labute approximate surface area is 199 Å². The Kier molecular flexibility index (Phi) is 10.4. The normalized spacial score (nSPS) is 13.3. The summed E-state index contributed by atoms with van der Waals surface area (Å²) in [5.74, 6) is 1.41. The molecule has 3 N–H and O–H groups in total. The summed E-state index contributed by atoms with van der Waals surface area (Å²) in [6.07, 6.45) is 3.22. The van der Waals surface area contributed by atoms with Gasteiger partial charge in [0.1, 0.15) is 5.75 Å². The Bertz CT molecular complexity index is 836. The smallest absolute Gasteiger partial charge is 0.258 e. The van der Waals surface area contributed by atoms with Gasteiger partial charge in [0.25, 0.3) is 5.91 Å². The molecular weight excluding hydrogens is 511 g/mol. The van der Waals surface area contributed by atoms with E-state index in [0.29, 0.717) is 18.3 Å². The SMILES string of the molecule is CCNC(=NCc1cccc(OCC(=O)NC2CC2)c1)NCc1ccc(CC)s1.I. The average Bonchev–Trinajstić information content (AvgIpc) is 3.42. The molecule has 0 radical (unpaired) electrons. The van der Waals surface area contributed by atoms with Crippen LogP contribution in [0.4, 0.5) is 0 Å². The van der Waals surface area contributed by atoms with E-state index in [2.05, 4.69) is 46.9 Å². The lowest BCUT2D eigenvalue weighted by Crippen LogP contribution is -2.36. The molecule has 1 aliphatic carbocycles. The molecule has 0 atom stereocenters. The van der Waals surface area contributed by atoms with Crippen molar-refractivity contribution in [3.05, 3.63) is 51.7 Å². The number of rotatable bonds is 10. The first-order valence-electron chi connectivity index (χ1n) is 10.3. The third-order valence-corrected chi connectivity index (χ3v) is 5.70. The molecule has 0 aliphatic heterocycles. The summed E-state index contributed by atoms with van der Waals surface area (Å²) >= 11 is 1.83. The first kappa shape index (κ1) is 24.5. The van der Waals surface area contributed by atoms with Crippen LogP contribution in [0.1, 0.15) is 42.0 Å². The highest BCUT2D eigenvalue weighted by Crippen LogP contribution is 2.19. The molecule has 0 bridgehead atoms. The Hall–Kier alpha value is -1.81. The maximum absolute atomic E-state index is 11.8. The van der Waals surface area contributed by atoms with E-state index in [1.807, 2.05) is 35.6 Å². The molecule has 164 valence electrons.